The van der Waals surface area contributed by atoms with Crippen LogP contribution < -0.4 is 10.1 Å². The number of rotatable bonds is 6. The van der Waals surface area contributed by atoms with Gasteiger partial charge in [0.2, 0.25) is 10.0 Å². The van der Waals surface area contributed by atoms with Crippen molar-refractivity contribution in [3.05, 3.63) is 53.1 Å². The summed E-state index contributed by atoms with van der Waals surface area (Å²) in [5, 5.41) is 12.5. The van der Waals surface area contributed by atoms with E-state index in [1.165, 1.54) is 23.5 Å². The Morgan fingerprint density at radius 3 is 2.70 bits per heavy atom. The van der Waals surface area contributed by atoms with E-state index in [4.69, 9.17) is 4.74 Å². The van der Waals surface area contributed by atoms with E-state index in [1.807, 2.05) is 6.92 Å². The number of piperidine rings is 1. The van der Waals surface area contributed by atoms with Gasteiger partial charge >= 0.3 is 0 Å². The Morgan fingerprint density at radius 1 is 1.23 bits per heavy atom. The predicted molar refractivity (Wildman–Crippen MR) is 114 cm³/mol. The third kappa shape index (κ3) is 4.60. The van der Waals surface area contributed by atoms with E-state index in [2.05, 4.69) is 5.32 Å². The number of phenols is 1. The van der Waals surface area contributed by atoms with Crippen LogP contribution in [-0.2, 0) is 16.6 Å². The maximum absolute atomic E-state index is 13.1. The zero-order chi connectivity index (χ0) is 21.9. The van der Waals surface area contributed by atoms with E-state index in [0.717, 1.165) is 24.8 Å². The number of carbonyl (C=O) groups excluding carboxylic acids is 1. The molecule has 0 radical (unpaired) electrons. The SMILES string of the molecule is COc1cc(CNC(=O)c2cc(S(=O)(=O)N3CCCCC3C)ccc2C)ccc1O. The summed E-state index contributed by atoms with van der Waals surface area (Å²) in [5.74, 6) is -0.0155. The molecule has 7 nitrogen and oxygen atoms in total. The van der Waals surface area contributed by atoms with Crippen molar-refractivity contribution in [2.45, 2.75) is 50.6 Å². The molecule has 1 amide bonds. The highest BCUT2D eigenvalue weighted by atomic mass is 32.2. The van der Waals surface area contributed by atoms with Gasteiger partial charge in [-0.2, -0.15) is 4.31 Å². The van der Waals surface area contributed by atoms with Crippen LogP contribution in [0.3, 0.4) is 0 Å². The first-order chi connectivity index (χ1) is 14.2. The molecule has 3 rings (SSSR count). The predicted octanol–water partition coefficient (Wildman–Crippen LogP) is 3.20. The standard InChI is InChI=1S/C22H28N2O5S/c1-15-7-9-18(30(27,28)24-11-5-4-6-16(24)2)13-19(15)22(26)23-14-17-8-10-20(25)21(12-17)29-3/h7-10,12-13,16,25H,4-6,11,14H2,1-3H3,(H,23,26). The number of methoxy groups -OCH3 is 1. The minimum Gasteiger partial charge on any atom is -0.504 e. The van der Waals surface area contributed by atoms with Gasteiger partial charge in [-0.15, -0.1) is 0 Å². The minimum atomic E-state index is -3.66. The number of hydrogen-bond donors (Lipinski definition) is 2. The van der Waals surface area contributed by atoms with Crippen LogP contribution in [-0.4, -0.2) is 43.4 Å². The van der Waals surface area contributed by atoms with Crippen LogP contribution in [0.15, 0.2) is 41.3 Å². The summed E-state index contributed by atoms with van der Waals surface area (Å²) in [6.45, 7) is 4.42. The van der Waals surface area contributed by atoms with Gasteiger partial charge in [-0.1, -0.05) is 18.6 Å². The Labute approximate surface area is 177 Å². The van der Waals surface area contributed by atoms with Crippen molar-refractivity contribution in [2.24, 2.45) is 0 Å². The molecular weight excluding hydrogens is 404 g/mol. The normalized spacial score (nSPS) is 17.5. The number of nitrogens with one attached hydrogen (secondary N) is 1. The molecule has 0 bridgehead atoms. The molecule has 1 aliphatic heterocycles. The number of phenolic OH excluding ortho intramolecular Hbond substituents is 1. The third-order valence-corrected chi connectivity index (χ3v) is 7.51. The molecule has 0 saturated carbocycles. The van der Waals surface area contributed by atoms with Crippen LogP contribution in [0.4, 0.5) is 0 Å². The highest BCUT2D eigenvalue weighted by Crippen LogP contribution is 2.27. The van der Waals surface area contributed by atoms with Gasteiger partial charge in [0.05, 0.1) is 12.0 Å². The van der Waals surface area contributed by atoms with Gasteiger partial charge in [-0.05, 0) is 62.1 Å². The van der Waals surface area contributed by atoms with Crippen LogP contribution in [0, 0.1) is 6.92 Å². The minimum absolute atomic E-state index is 0.0215. The van der Waals surface area contributed by atoms with E-state index in [9.17, 15) is 18.3 Å². The molecule has 0 aromatic heterocycles. The summed E-state index contributed by atoms with van der Waals surface area (Å²) in [7, 11) is -2.20. The highest BCUT2D eigenvalue weighted by Gasteiger charge is 2.31. The summed E-state index contributed by atoms with van der Waals surface area (Å²) in [4.78, 5) is 12.9. The Morgan fingerprint density at radius 2 is 2.00 bits per heavy atom. The van der Waals surface area contributed by atoms with Crippen LogP contribution in [0.2, 0.25) is 0 Å². The van der Waals surface area contributed by atoms with Crippen molar-refractivity contribution in [3.8, 4) is 11.5 Å². The van der Waals surface area contributed by atoms with Gasteiger partial charge < -0.3 is 15.2 Å². The molecule has 2 N–H and O–H groups in total. The average Bonchev–Trinajstić information content (AvgIpc) is 2.73. The van der Waals surface area contributed by atoms with E-state index < -0.39 is 10.0 Å². The molecule has 1 atom stereocenters. The second kappa shape index (κ2) is 9.06. The molecular formula is C22H28N2O5S. The monoisotopic (exact) mass is 432 g/mol. The van der Waals surface area contributed by atoms with Crippen LogP contribution in [0.5, 0.6) is 11.5 Å². The molecule has 162 valence electrons. The fourth-order valence-corrected chi connectivity index (χ4v) is 5.41. The largest absolute Gasteiger partial charge is 0.504 e. The van der Waals surface area contributed by atoms with E-state index in [0.29, 0.717) is 23.4 Å². The van der Waals surface area contributed by atoms with E-state index >= 15 is 0 Å². The number of nitrogens with zero attached hydrogens (tertiary/aromatic N) is 1. The number of carbonyl (C=O) groups is 1. The first-order valence-electron chi connectivity index (χ1n) is 10.0. The molecule has 1 saturated heterocycles. The van der Waals surface area contributed by atoms with Gasteiger partial charge in [0.1, 0.15) is 0 Å². The Balaban J connectivity index is 1.80. The molecule has 1 heterocycles. The lowest BCUT2D eigenvalue weighted by Gasteiger charge is -2.32. The van der Waals surface area contributed by atoms with Gasteiger partial charge in [0, 0.05) is 24.7 Å². The lowest BCUT2D eigenvalue weighted by molar-refractivity contribution is 0.0950. The van der Waals surface area contributed by atoms with E-state index in [1.54, 1.807) is 31.2 Å². The molecule has 30 heavy (non-hydrogen) atoms. The quantitative estimate of drug-likeness (QED) is 0.731. The van der Waals surface area contributed by atoms with Gasteiger partial charge in [0.15, 0.2) is 11.5 Å². The second-order valence-corrected chi connectivity index (χ2v) is 9.52. The number of aryl methyl sites for hydroxylation is 1. The number of ether oxygens (including phenoxy) is 1. The fraction of sp³-hybridized carbons (Fsp3) is 0.409. The summed E-state index contributed by atoms with van der Waals surface area (Å²) in [6.07, 6.45) is 2.71. The Hall–Kier alpha value is -2.58. The summed E-state index contributed by atoms with van der Waals surface area (Å²) in [5.41, 5.74) is 1.77. The maximum atomic E-state index is 13.1. The smallest absolute Gasteiger partial charge is 0.251 e. The van der Waals surface area contributed by atoms with Crippen molar-refractivity contribution in [3.63, 3.8) is 0 Å². The topological polar surface area (TPSA) is 95.9 Å². The fourth-order valence-electron chi connectivity index (χ4n) is 3.68. The lowest BCUT2D eigenvalue weighted by atomic mass is 10.1. The number of amides is 1. The molecule has 1 fully saturated rings. The molecule has 1 aliphatic rings. The first kappa shape index (κ1) is 22.1. The summed E-state index contributed by atoms with van der Waals surface area (Å²) < 4.78 is 32.9. The zero-order valence-corrected chi connectivity index (χ0v) is 18.3. The Kier molecular flexibility index (Phi) is 6.67. The van der Waals surface area contributed by atoms with Crippen molar-refractivity contribution >= 4 is 15.9 Å². The number of sulfonamides is 1. The molecule has 2 aromatic carbocycles. The van der Waals surface area contributed by atoms with Crippen molar-refractivity contribution in [2.75, 3.05) is 13.7 Å². The number of benzene rings is 2. The third-order valence-electron chi connectivity index (χ3n) is 5.50. The Bertz CT molecular complexity index is 1040. The molecule has 0 spiro atoms. The second-order valence-electron chi connectivity index (χ2n) is 7.63. The van der Waals surface area contributed by atoms with Gasteiger partial charge in [-0.3, -0.25) is 4.79 Å². The van der Waals surface area contributed by atoms with Gasteiger partial charge in [-0.25, -0.2) is 8.42 Å². The molecule has 8 heteroatoms. The molecule has 1 unspecified atom stereocenters. The van der Waals surface area contributed by atoms with Crippen molar-refractivity contribution < 1.29 is 23.1 Å². The van der Waals surface area contributed by atoms with Crippen molar-refractivity contribution in [1.29, 1.82) is 0 Å². The maximum Gasteiger partial charge on any atom is 0.251 e. The summed E-state index contributed by atoms with van der Waals surface area (Å²) >= 11 is 0. The van der Waals surface area contributed by atoms with E-state index in [-0.39, 0.29) is 29.1 Å². The van der Waals surface area contributed by atoms with Crippen LogP contribution >= 0.6 is 0 Å². The highest BCUT2D eigenvalue weighted by molar-refractivity contribution is 7.89. The average molecular weight is 433 g/mol. The molecule has 2 aromatic rings. The number of hydrogen-bond acceptors (Lipinski definition) is 5. The van der Waals surface area contributed by atoms with Crippen LogP contribution in [0.25, 0.3) is 0 Å². The van der Waals surface area contributed by atoms with Gasteiger partial charge in [0.25, 0.3) is 5.91 Å². The molecule has 0 aliphatic carbocycles. The summed E-state index contributed by atoms with van der Waals surface area (Å²) in [6, 6.07) is 9.46. The first-order valence-corrected chi connectivity index (χ1v) is 11.4. The zero-order valence-electron chi connectivity index (χ0n) is 17.5. The number of aromatic hydroxyl groups is 1. The van der Waals surface area contributed by atoms with Crippen molar-refractivity contribution in [1.82, 2.24) is 9.62 Å². The lowest BCUT2D eigenvalue weighted by Crippen LogP contribution is -2.42. The van der Waals surface area contributed by atoms with Crippen LogP contribution in [0.1, 0.15) is 47.7 Å².